The summed E-state index contributed by atoms with van der Waals surface area (Å²) in [6.45, 7) is 4.96. The average Bonchev–Trinajstić information content (AvgIpc) is 2.44. The van der Waals surface area contributed by atoms with Gasteiger partial charge in [0.1, 0.15) is 5.60 Å². The first-order valence-corrected chi connectivity index (χ1v) is 8.07. The number of nitrogens with zero attached hydrogens (tertiary/aromatic N) is 1. The van der Waals surface area contributed by atoms with Crippen LogP contribution in [0.2, 0.25) is 0 Å². The van der Waals surface area contributed by atoms with Gasteiger partial charge in [-0.3, -0.25) is 0 Å². The summed E-state index contributed by atoms with van der Waals surface area (Å²) in [6, 6.07) is 9.65. The molecule has 1 saturated heterocycles. The Morgan fingerprint density at radius 1 is 1.30 bits per heavy atom. The predicted molar refractivity (Wildman–Crippen MR) is 85.6 cm³/mol. The number of rotatable bonds is 3. The van der Waals surface area contributed by atoms with Crippen LogP contribution in [0.25, 0.3) is 0 Å². The number of carbonyl (C=O) groups is 1. The summed E-state index contributed by atoms with van der Waals surface area (Å²) in [7, 11) is 0. The summed E-state index contributed by atoms with van der Waals surface area (Å²) < 4.78 is 33.9. The normalized spacial score (nSPS) is 21.1. The zero-order valence-corrected chi connectivity index (χ0v) is 14.0. The molecular formula is C18H25F2NO2. The number of halogens is 2. The van der Waals surface area contributed by atoms with E-state index in [2.05, 4.69) is 0 Å². The quantitative estimate of drug-likeness (QED) is 0.818. The molecule has 1 aromatic rings. The minimum atomic E-state index is -2.87. The van der Waals surface area contributed by atoms with Crippen LogP contribution in [0.1, 0.15) is 39.2 Å². The van der Waals surface area contributed by atoms with Gasteiger partial charge < -0.3 is 9.64 Å². The van der Waals surface area contributed by atoms with E-state index >= 15 is 0 Å². The van der Waals surface area contributed by atoms with E-state index < -0.39 is 30.1 Å². The Kier molecular flexibility index (Phi) is 5.27. The Morgan fingerprint density at radius 2 is 1.96 bits per heavy atom. The molecule has 1 atom stereocenters. The Balaban J connectivity index is 1.91. The number of carbonyl (C=O) groups excluding carboxylic acids is 1. The highest BCUT2D eigenvalue weighted by Gasteiger charge is 2.46. The molecule has 0 saturated carbocycles. The van der Waals surface area contributed by atoms with Crippen molar-refractivity contribution < 1.29 is 18.3 Å². The summed E-state index contributed by atoms with van der Waals surface area (Å²) in [5.41, 5.74) is 0.397. The number of piperidine rings is 1. The van der Waals surface area contributed by atoms with Gasteiger partial charge in [-0.2, -0.15) is 0 Å². The van der Waals surface area contributed by atoms with Crippen molar-refractivity contribution in [3.05, 3.63) is 35.9 Å². The maximum atomic E-state index is 14.4. The molecule has 1 aromatic carbocycles. The number of hydrogen-bond donors (Lipinski definition) is 0. The van der Waals surface area contributed by atoms with Crippen molar-refractivity contribution in [3.8, 4) is 0 Å². The zero-order valence-electron chi connectivity index (χ0n) is 14.0. The third kappa shape index (κ3) is 5.19. The van der Waals surface area contributed by atoms with E-state index in [0.717, 1.165) is 10.5 Å². The van der Waals surface area contributed by atoms with Gasteiger partial charge >= 0.3 is 6.09 Å². The van der Waals surface area contributed by atoms with Crippen LogP contribution in [0.15, 0.2) is 30.3 Å². The van der Waals surface area contributed by atoms with Gasteiger partial charge in [-0.1, -0.05) is 30.3 Å². The lowest BCUT2D eigenvalue weighted by Gasteiger charge is -2.38. The molecule has 0 aliphatic carbocycles. The molecule has 5 heteroatoms. The van der Waals surface area contributed by atoms with Gasteiger partial charge in [0.15, 0.2) is 0 Å². The fourth-order valence-electron chi connectivity index (χ4n) is 2.81. The Morgan fingerprint density at radius 3 is 2.52 bits per heavy atom. The maximum absolute atomic E-state index is 14.4. The van der Waals surface area contributed by atoms with Gasteiger partial charge in [0.2, 0.25) is 0 Å². The molecule has 0 bridgehead atoms. The lowest BCUT2D eigenvalue weighted by atomic mass is 9.87. The lowest BCUT2D eigenvalue weighted by molar-refractivity contribution is -0.112. The monoisotopic (exact) mass is 325 g/mol. The fraction of sp³-hybridized carbons (Fsp3) is 0.611. The molecule has 1 fully saturated rings. The van der Waals surface area contributed by atoms with Crippen molar-refractivity contribution >= 4 is 6.09 Å². The highest BCUT2D eigenvalue weighted by molar-refractivity contribution is 5.68. The molecule has 128 valence electrons. The molecule has 23 heavy (non-hydrogen) atoms. The summed E-state index contributed by atoms with van der Waals surface area (Å²) in [4.78, 5) is 13.1. The van der Waals surface area contributed by atoms with Gasteiger partial charge in [-0.25, -0.2) is 13.6 Å². The third-order valence-electron chi connectivity index (χ3n) is 4.02. The average molecular weight is 325 g/mol. The standard InChI is InChI=1S/C18H25F2NO2/c1-17(2,3)23-16(22)21-12-11-15(18(19,20)13-21)10-9-14-7-5-4-6-8-14/h4-8,15H,9-13H2,1-3H3. The molecule has 1 unspecified atom stereocenters. The molecule has 0 aromatic heterocycles. The fourth-order valence-corrected chi connectivity index (χ4v) is 2.81. The summed E-state index contributed by atoms with van der Waals surface area (Å²) in [6.07, 6.45) is 0.713. The molecule has 0 radical (unpaired) electrons. The molecule has 0 spiro atoms. The molecule has 1 heterocycles. The second-order valence-electron chi connectivity index (χ2n) is 7.17. The number of ether oxygens (including phenoxy) is 1. The first kappa shape index (κ1) is 17.7. The number of alkyl halides is 2. The van der Waals surface area contributed by atoms with Gasteiger partial charge in [0.25, 0.3) is 5.92 Å². The Hall–Kier alpha value is -1.65. The highest BCUT2D eigenvalue weighted by atomic mass is 19.3. The van der Waals surface area contributed by atoms with Crippen LogP contribution < -0.4 is 0 Å². The maximum Gasteiger partial charge on any atom is 0.410 e. The number of benzene rings is 1. The summed E-state index contributed by atoms with van der Waals surface area (Å²) in [5, 5.41) is 0. The van der Waals surface area contributed by atoms with E-state index in [-0.39, 0.29) is 0 Å². The molecule has 1 aliphatic rings. The van der Waals surface area contributed by atoms with Crippen molar-refractivity contribution in [3.63, 3.8) is 0 Å². The SMILES string of the molecule is CC(C)(C)OC(=O)N1CCC(CCc2ccccc2)C(F)(F)C1. The van der Waals surface area contributed by atoms with Crippen LogP contribution in [-0.2, 0) is 11.2 Å². The van der Waals surface area contributed by atoms with Crippen molar-refractivity contribution in [2.24, 2.45) is 5.92 Å². The topological polar surface area (TPSA) is 29.5 Å². The van der Waals surface area contributed by atoms with Crippen molar-refractivity contribution in [2.75, 3.05) is 13.1 Å². The van der Waals surface area contributed by atoms with Crippen molar-refractivity contribution in [1.29, 1.82) is 0 Å². The van der Waals surface area contributed by atoms with E-state index in [0.29, 0.717) is 25.8 Å². The second-order valence-corrected chi connectivity index (χ2v) is 7.17. The van der Waals surface area contributed by atoms with Crippen LogP contribution in [-0.4, -0.2) is 35.6 Å². The van der Waals surface area contributed by atoms with E-state index in [9.17, 15) is 13.6 Å². The van der Waals surface area contributed by atoms with Crippen molar-refractivity contribution in [1.82, 2.24) is 4.90 Å². The van der Waals surface area contributed by atoms with Crippen LogP contribution in [0.3, 0.4) is 0 Å². The molecule has 0 N–H and O–H groups in total. The van der Waals surface area contributed by atoms with Crippen LogP contribution in [0.4, 0.5) is 13.6 Å². The first-order valence-electron chi connectivity index (χ1n) is 8.07. The highest BCUT2D eigenvalue weighted by Crippen LogP contribution is 2.36. The molecule has 3 nitrogen and oxygen atoms in total. The van der Waals surface area contributed by atoms with Crippen LogP contribution in [0.5, 0.6) is 0 Å². The first-order chi connectivity index (χ1) is 10.7. The van der Waals surface area contributed by atoms with E-state index in [4.69, 9.17) is 4.74 Å². The predicted octanol–water partition coefficient (Wildman–Crippen LogP) is 4.51. The molecular weight excluding hydrogens is 300 g/mol. The summed E-state index contributed by atoms with van der Waals surface area (Å²) in [5.74, 6) is -3.56. The van der Waals surface area contributed by atoms with Gasteiger partial charge in [0.05, 0.1) is 6.54 Å². The van der Waals surface area contributed by atoms with Crippen LogP contribution >= 0.6 is 0 Å². The number of likely N-dealkylation sites (tertiary alicyclic amines) is 1. The third-order valence-corrected chi connectivity index (χ3v) is 4.02. The molecule has 1 amide bonds. The van der Waals surface area contributed by atoms with Gasteiger partial charge in [-0.05, 0) is 45.6 Å². The molecule has 2 rings (SSSR count). The number of amides is 1. The Labute approximate surface area is 136 Å². The minimum Gasteiger partial charge on any atom is -0.444 e. The second kappa shape index (κ2) is 6.85. The van der Waals surface area contributed by atoms with Crippen LogP contribution in [0, 0.1) is 5.92 Å². The van der Waals surface area contributed by atoms with Gasteiger partial charge in [-0.15, -0.1) is 0 Å². The molecule has 1 aliphatic heterocycles. The van der Waals surface area contributed by atoms with Crippen molar-refractivity contribution in [2.45, 2.75) is 51.6 Å². The smallest absolute Gasteiger partial charge is 0.410 e. The largest absolute Gasteiger partial charge is 0.444 e. The summed E-state index contributed by atoms with van der Waals surface area (Å²) >= 11 is 0. The lowest BCUT2D eigenvalue weighted by Crippen LogP contribution is -2.51. The van der Waals surface area contributed by atoms with E-state index in [1.54, 1.807) is 20.8 Å². The van der Waals surface area contributed by atoms with Gasteiger partial charge in [0, 0.05) is 12.5 Å². The minimum absolute atomic E-state index is 0.305. The Bertz CT molecular complexity index is 526. The number of hydrogen-bond acceptors (Lipinski definition) is 2. The van der Waals surface area contributed by atoms with E-state index in [1.165, 1.54) is 0 Å². The number of aryl methyl sites for hydroxylation is 1. The zero-order chi connectivity index (χ0) is 17.1. The van der Waals surface area contributed by atoms with E-state index in [1.807, 2.05) is 30.3 Å².